The van der Waals surface area contributed by atoms with E-state index in [1.807, 2.05) is 23.1 Å². The monoisotopic (exact) mass is 475 g/mol. The minimum atomic E-state index is -0.0603. The molecule has 0 saturated heterocycles. The van der Waals surface area contributed by atoms with Gasteiger partial charge in [0.2, 0.25) is 5.91 Å². The number of carbonyl (C=O) groups is 1. The summed E-state index contributed by atoms with van der Waals surface area (Å²) in [7, 11) is 0. The lowest BCUT2D eigenvalue weighted by Crippen LogP contribution is -2.40. The van der Waals surface area contributed by atoms with Gasteiger partial charge in [-0.15, -0.1) is 22.7 Å². The van der Waals surface area contributed by atoms with E-state index < -0.39 is 0 Å². The molecule has 0 bridgehead atoms. The van der Waals surface area contributed by atoms with E-state index in [9.17, 15) is 9.59 Å². The first-order valence-corrected chi connectivity index (χ1v) is 13.3. The van der Waals surface area contributed by atoms with Crippen molar-refractivity contribution in [3.63, 3.8) is 0 Å². The van der Waals surface area contributed by atoms with Crippen molar-refractivity contribution in [2.75, 3.05) is 6.54 Å². The highest BCUT2D eigenvalue weighted by Gasteiger charge is 2.32. The van der Waals surface area contributed by atoms with E-state index in [1.165, 1.54) is 27.3 Å². The Morgan fingerprint density at radius 3 is 2.79 bits per heavy atom. The van der Waals surface area contributed by atoms with E-state index in [0.717, 1.165) is 41.5 Å². The first-order valence-electron chi connectivity index (χ1n) is 11.6. The van der Waals surface area contributed by atoms with E-state index in [2.05, 4.69) is 28.6 Å². The summed E-state index contributed by atoms with van der Waals surface area (Å²) in [4.78, 5) is 36.8. The molecule has 4 heterocycles. The first kappa shape index (κ1) is 20.8. The molecule has 2 aliphatic rings. The molecular weight excluding hydrogens is 450 g/mol. The van der Waals surface area contributed by atoms with Crippen LogP contribution in [0.25, 0.3) is 10.2 Å². The summed E-state index contributed by atoms with van der Waals surface area (Å²) in [5, 5.41) is 2.91. The van der Waals surface area contributed by atoms with Gasteiger partial charge in [0.25, 0.3) is 5.56 Å². The molecule has 0 saturated carbocycles. The zero-order valence-electron chi connectivity index (χ0n) is 18.3. The molecular formula is C26H25N3O2S2. The van der Waals surface area contributed by atoms with Crippen LogP contribution in [0, 0.1) is 0 Å². The minimum Gasteiger partial charge on any atom is -0.331 e. The molecule has 0 spiro atoms. The number of amides is 1. The molecule has 0 fully saturated rings. The van der Waals surface area contributed by atoms with Crippen molar-refractivity contribution in [3.8, 4) is 0 Å². The van der Waals surface area contributed by atoms with Gasteiger partial charge in [-0.25, -0.2) is 4.98 Å². The fraction of sp³-hybridized carbons (Fsp3) is 0.346. The highest BCUT2D eigenvalue weighted by molar-refractivity contribution is 7.18. The number of aryl methyl sites for hydroxylation is 3. The number of carbonyl (C=O) groups excluding carboxylic acids is 1. The number of nitrogens with zero attached hydrogens (tertiary/aromatic N) is 3. The van der Waals surface area contributed by atoms with Crippen LogP contribution in [0.3, 0.4) is 0 Å². The Kier molecular flexibility index (Phi) is 5.38. The molecule has 1 aliphatic heterocycles. The largest absolute Gasteiger partial charge is 0.331 e. The standard InChI is InChI=1S/C26H25N3O2S2/c30-22(29-14-10-20-19(12-15-32-20)24(29)17-6-2-1-3-7-17)11-13-28-16-27-25-23(26(28)31)18-8-4-5-9-21(18)33-25/h1-3,6-7,12,15-16,24H,4-5,8-11,13-14H2. The lowest BCUT2D eigenvalue weighted by Gasteiger charge is -2.36. The summed E-state index contributed by atoms with van der Waals surface area (Å²) < 4.78 is 1.64. The van der Waals surface area contributed by atoms with Gasteiger partial charge in [0.05, 0.1) is 17.8 Å². The fourth-order valence-corrected chi connectivity index (χ4v) is 7.40. The first-order chi connectivity index (χ1) is 16.2. The maximum absolute atomic E-state index is 13.4. The number of benzene rings is 1. The van der Waals surface area contributed by atoms with Crippen LogP contribution >= 0.6 is 22.7 Å². The summed E-state index contributed by atoms with van der Waals surface area (Å²) >= 11 is 3.44. The number of aromatic nitrogens is 2. The minimum absolute atomic E-state index is 0.00516. The summed E-state index contributed by atoms with van der Waals surface area (Å²) in [6.07, 6.45) is 7.14. The van der Waals surface area contributed by atoms with E-state index in [4.69, 9.17) is 0 Å². The van der Waals surface area contributed by atoms with E-state index >= 15 is 0 Å². The molecule has 1 amide bonds. The highest BCUT2D eigenvalue weighted by atomic mass is 32.1. The molecule has 7 heteroatoms. The van der Waals surface area contributed by atoms with Gasteiger partial charge in [-0.05, 0) is 60.2 Å². The quantitative estimate of drug-likeness (QED) is 0.419. The van der Waals surface area contributed by atoms with Crippen LogP contribution in [0.1, 0.15) is 51.7 Å². The summed E-state index contributed by atoms with van der Waals surface area (Å²) in [5.41, 5.74) is 3.57. The fourth-order valence-electron chi connectivity index (χ4n) is 5.28. The van der Waals surface area contributed by atoms with Crippen LogP contribution in [-0.4, -0.2) is 26.9 Å². The van der Waals surface area contributed by atoms with E-state index in [0.29, 0.717) is 19.5 Å². The predicted molar refractivity (Wildman–Crippen MR) is 133 cm³/mol. The Labute approximate surface area is 200 Å². The Hall–Kier alpha value is -2.77. The molecule has 33 heavy (non-hydrogen) atoms. The van der Waals surface area contributed by atoms with Crippen molar-refractivity contribution in [3.05, 3.63) is 84.9 Å². The van der Waals surface area contributed by atoms with E-state index in [-0.39, 0.29) is 17.5 Å². The third kappa shape index (κ3) is 3.63. The molecule has 4 aromatic rings. The van der Waals surface area contributed by atoms with Gasteiger partial charge in [-0.2, -0.15) is 0 Å². The molecule has 1 unspecified atom stereocenters. The van der Waals surface area contributed by atoms with Gasteiger partial charge >= 0.3 is 0 Å². The third-order valence-electron chi connectivity index (χ3n) is 6.91. The number of fused-ring (bicyclic) bond motifs is 4. The van der Waals surface area contributed by atoms with Crippen LogP contribution < -0.4 is 5.56 Å². The third-order valence-corrected chi connectivity index (χ3v) is 9.11. The Balaban J connectivity index is 1.27. The average molecular weight is 476 g/mol. The lowest BCUT2D eigenvalue weighted by atomic mass is 9.93. The second-order valence-electron chi connectivity index (χ2n) is 8.83. The molecule has 1 atom stereocenters. The Bertz CT molecular complexity index is 1390. The maximum atomic E-state index is 13.4. The topological polar surface area (TPSA) is 55.2 Å². The van der Waals surface area contributed by atoms with Crippen molar-refractivity contribution in [1.29, 1.82) is 0 Å². The zero-order valence-corrected chi connectivity index (χ0v) is 20.0. The predicted octanol–water partition coefficient (Wildman–Crippen LogP) is 4.96. The van der Waals surface area contributed by atoms with Crippen LogP contribution in [0.2, 0.25) is 0 Å². The number of rotatable bonds is 4. The maximum Gasteiger partial charge on any atom is 0.262 e. The van der Waals surface area contributed by atoms with Crippen LogP contribution in [0.15, 0.2) is 52.9 Å². The van der Waals surface area contributed by atoms with Crippen LogP contribution in [0.4, 0.5) is 0 Å². The average Bonchev–Trinajstić information content (AvgIpc) is 3.48. The van der Waals surface area contributed by atoms with Crippen molar-refractivity contribution < 1.29 is 4.79 Å². The van der Waals surface area contributed by atoms with Crippen LogP contribution in [0.5, 0.6) is 0 Å². The normalized spacial score (nSPS) is 17.7. The summed E-state index contributed by atoms with van der Waals surface area (Å²) in [6, 6.07) is 12.3. The SMILES string of the molecule is O=C(CCn1cnc2sc3c(c2c1=O)CCCC3)N1CCc2sccc2C1c1ccccc1. The van der Waals surface area contributed by atoms with Gasteiger partial charge in [-0.1, -0.05) is 30.3 Å². The van der Waals surface area contributed by atoms with Gasteiger partial charge in [0, 0.05) is 29.3 Å². The molecule has 168 valence electrons. The van der Waals surface area contributed by atoms with Gasteiger partial charge in [0.15, 0.2) is 0 Å². The smallest absolute Gasteiger partial charge is 0.262 e. The Morgan fingerprint density at radius 1 is 1.06 bits per heavy atom. The van der Waals surface area contributed by atoms with Gasteiger partial charge in [0.1, 0.15) is 4.83 Å². The highest BCUT2D eigenvalue weighted by Crippen LogP contribution is 2.38. The lowest BCUT2D eigenvalue weighted by molar-refractivity contribution is -0.133. The number of hydrogen-bond donors (Lipinski definition) is 0. The van der Waals surface area contributed by atoms with Gasteiger partial charge in [-0.3, -0.25) is 14.2 Å². The summed E-state index contributed by atoms with van der Waals surface area (Å²) in [5.74, 6) is 0.0834. The second kappa shape index (κ2) is 8.54. The molecule has 6 rings (SSSR count). The second-order valence-corrected chi connectivity index (χ2v) is 10.9. The molecule has 0 N–H and O–H groups in total. The molecule has 1 aliphatic carbocycles. The van der Waals surface area contributed by atoms with Crippen molar-refractivity contribution >= 4 is 38.8 Å². The Morgan fingerprint density at radius 2 is 1.91 bits per heavy atom. The van der Waals surface area contributed by atoms with Gasteiger partial charge < -0.3 is 4.90 Å². The molecule has 3 aromatic heterocycles. The van der Waals surface area contributed by atoms with Crippen molar-refractivity contribution in [1.82, 2.24) is 14.5 Å². The number of thiophene rings is 2. The van der Waals surface area contributed by atoms with E-state index in [1.54, 1.807) is 33.6 Å². The summed E-state index contributed by atoms with van der Waals surface area (Å²) in [6.45, 7) is 1.07. The van der Waals surface area contributed by atoms with Crippen LogP contribution in [-0.2, 0) is 30.6 Å². The molecule has 0 radical (unpaired) electrons. The molecule has 1 aromatic carbocycles. The van der Waals surface area contributed by atoms with Crippen molar-refractivity contribution in [2.24, 2.45) is 0 Å². The zero-order chi connectivity index (χ0) is 22.4. The number of hydrogen-bond acceptors (Lipinski definition) is 5. The van der Waals surface area contributed by atoms with Crippen molar-refractivity contribution in [2.45, 2.75) is 51.1 Å². The molecule has 5 nitrogen and oxygen atoms in total.